The fourth-order valence-electron chi connectivity index (χ4n) is 8.73. The van der Waals surface area contributed by atoms with Crippen LogP contribution in [0.4, 0.5) is 20.2 Å². The van der Waals surface area contributed by atoms with E-state index in [0.717, 1.165) is 39.2 Å². The quantitative estimate of drug-likeness (QED) is 0.170. The molecule has 11 rings (SSSR count). The Bertz CT molecular complexity index is 2980. The maximum Gasteiger partial charge on any atom is 0.166 e. The van der Waals surface area contributed by atoms with Crippen molar-refractivity contribution in [2.45, 2.75) is 12.0 Å². The lowest BCUT2D eigenvalue weighted by molar-refractivity contribution is 0.589. The van der Waals surface area contributed by atoms with Gasteiger partial charge in [-0.3, -0.25) is 0 Å². The second-order valence-electron chi connectivity index (χ2n) is 14.6. The molecule has 1 aliphatic carbocycles. The summed E-state index contributed by atoms with van der Waals surface area (Å²) >= 11 is 0. The Morgan fingerprint density at radius 2 is 1.05 bits per heavy atom. The lowest BCUT2D eigenvalue weighted by Gasteiger charge is -2.31. The van der Waals surface area contributed by atoms with Crippen LogP contribution in [0.1, 0.15) is 11.5 Å². The van der Waals surface area contributed by atoms with Gasteiger partial charge < -0.3 is 9.47 Å². The van der Waals surface area contributed by atoms with Gasteiger partial charge in [0, 0.05) is 44.8 Å². The molecule has 1 aliphatic heterocycles. The maximum atomic E-state index is 15.6. The largest absolute Gasteiger partial charge is 0.333 e. The number of halogens is 2. The van der Waals surface area contributed by atoms with Crippen LogP contribution in [0.25, 0.3) is 72.8 Å². The maximum absolute atomic E-state index is 15.6. The molecule has 2 atom stereocenters. The van der Waals surface area contributed by atoms with Gasteiger partial charge in [0.05, 0.1) is 28.3 Å². The number of aromatic nitrogens is 4. The zero-order valence-corrected chi connectivity index (χ0v) is 31.0. The molecule has 0 N–H and O–H groups in total. The molecule has 9 aromatic rings. The van der Waals surface area contributed by atoms with Gasteiger partial charge in [0.15, 0.2) is 17.5 Å². The summed E-state index contributed by atoms with van der Waals surface area (Å²) in [6, 6.07) is 52.7. The number of rotatable bonds is 6. The number of hydrogen-bond acceptors (Lipinski definition) is 4. The summed E-state index contributed by atoms with van der Waals surface area (Å²) in [7, 11) is 0. The van der Waals surface area contributed by atoms with Gasteiger partial charge in [-0.05, 0) is 59.7 Å². The summed E-state index contributed by atoms with van der Waals surface area (Å²) < 4.78 is 33.4. The predicted molar refractivity (Wildman–Crippen MR) is 229 cm³/mol. The van der Waals surface area contributed by atoms with Crippen LogP contribution in [0, 0.1) is 11.6 Å². The van der Waals surface area contributed by atoms with Crippen molar-refractivity contribution in [3.8, 4) is 51.0 Å². The highest BCUT2D eigenvalue weighted by Gasteiger charge is 2.39. The average Bonchev–Trinajstić information content (AvgIpc) is 3.79. The van der Waals surface area contributed by atoms with Gasteiger partial charge in [0.25, 0.3) is 0 Å². The Kier molecular flexibility index (Phi) is 7.93. The second kappa shape index (κ2) is 13.6. The normalized spacial score (nSPS) is 15.6. The third-order valence-electron chi connectivity index (χ3n) is 11.3. The minimum Gasteiger partial charge on any atom is -0.333 e. The summed E-state index contributed by atoms with van der Waals surface area (Å²) in [4.78, 5) is 17.5. The Morgan fingerprint density at radius 3 is 1.71 bits per heavy atom. The first-order valence-electron chi connectivity index (χ1n) is 19.3. The van der Waals surface area contributed by atoms with Gasteiger partial charge in [-0.15, -0.1) is 0 Å². The molecule has 276 valence electrons. The van der Waals surface area contributed by atoms with Gasteiger partial charge >= 0.3 is 0 Å². The molecule has 0 radical (unpaired) electrons. The number of fused-ring (bicyclic) bond motifs is 6. The molecule has 2 aliphatic rings. The summed E-state index contributed by atoms with van der Waals surface area (Å²) in [5.74, 6) is 0.139. The van der Waals surface area contributed by atoms with E-state index in [4.69, 9.17) is 15.0 Å². The fraction of sp³-hybridized carbons (Fsp3) is 0.0392. The highest BCUT2D eigenvalue weighted by molar-refractivity contribution is 6.09. The topological polar surface area (TPSA) is 46.8 Å². The molecule has 0 bridgehead atoms. The SMILES string of the molecule is Fc1cccc(F)c1-c1ccc(N2c3cc(-n4c5ccccc5c5ccccc54)ccc3C3C=CC=CC32)c(-c2nc(-c3ccccc3)nc(-c3ccccc3)n2)c1. The van der Waals surface area contributed by atoms with Crippen molar-refractivity contribution in [2.24, 2.45) is 0 Å². The first kappa shape index (κ1) is 33.8. The lowest BCUT2D eigenvalue weighted by atomic mass is 9.91. The average molecular weight is 754 g/mol. The van der Waals surface area contributed by atoms with Gasteiger partial charge in [0.1, 0.15) is 11.6 Å². The highest BCUT2D eigenvalue weighted by atomic mass is 19.1. The zero-order valence-electron chi connectivity index (χ0n) is 31.0. The third-order valence-corrected chi connectivity index (χ3v) is 11.3. The fourth-order valence-corrected chi connectivity index (χ4v) is 8.73. The standard InChI is InChI=1S/C51H33F2N5/c52-41-21-13-22-42(53)48(41)34-26-29-46(40(30-34)51-55-49(32-14-3-1-4-15-32)54-50(56-51)33-16-5-2-6-17-33)58-45-25-12-9-20-38(45)39-28-27-35(31-47(39)58)57-43-23-10-7-18-36(43)37-19-8-11-24-44(37)57/h1-31,38,45H. The number of benzene rings is 7. The number of para-hydroxylation sites is 2. The Hall–Kier alpha value is -7.51. The minimum absolute atomic E-state index is 0.0573. The van der Waals surface area contributed by atoms with Crippen molar-refractivity contribution in [3.05, 3.63) is 205 Å². The van der Waals surface area contributed by atoms with Gasteiger partial charge in [0.2, 0.25) is 0 Å². The number of anilines is 2. The van der Waals surface area contributed by atoms with Crippen LogP contribution in [0.2, 0.25) is 0 Å². The molecule has 2 aromatic heterocycles. The van der Waals surface area contributed by atoms with E-state index in [-0.39, 0.29) is 17.5 Å². The first-order valence-corrected chi connectivity index (χ1v) is 19.3. The number of hydrogen-bond donors (Lipinski definition) is 0. The van der Waals surface area contributed by atoms with Crippen LogP contribution < -0.4 is 4.90 Å². The monoisotopic (exact) mass is 753 g/mol. The zero-order chi connectivity index (χ0) is 38.7. The molecule has 7 heteroatoms. The molecule has 0 saturated carbocycles. The molecule has 0 saturated heterocycles. The van der Waals surface area contributed by atoms with E-state index in [9.17, 15) is 0 Å². The Labute approximate surface area is 333 Å². The summed E-state index contributed by atoms with van der Waals surface area (Å²) in [5, 5.41) is 2.37. The van der Waals surface area contributed by atoms with Crippen molar-refractivity contribution < 1.29 is 8.78 Å². The molecule has 58 heavy (non-hydrogen) atoms. The summed E-state index contributed by atoms with van der Waals surface area (Å²) in [6.45, 7) is 0. The highest BCUT2D eigenvalue weighted by Crippen LogP contribution is 2.51. The molecule has 0 spiro atoms. The van der Waals surface area contributed by atoms with Crippen LogP contribution in [0.15, 0.2) is 188 Å². The van der Waals surface area contributed by atoms with Crippen molar-refractivity contribution >= 4 is 33.2 Å². The molecular weight excluding hydrogens is 721 g/mol. The van der Waals surface area contributed by atoms with Crippen LogP contribution in [0.3, 0.4) is 0 Å². The summed E-state index contributed by atoms with van der Waals surface area (Å²) in [6.07, 6.45) is 8.65. The van der Waals surface area contributed by atoms with Crippen LogP contribution in [-0.2, 0) is 0 Å². The van der Waals surface area contributed by atoms with E-state index in [1.165, 1.54) is 34.5 Å². The molecule has 0 amide bonds. The molecule has 3 heterocycles. The van der Waals surface area contributed by atoms with Crippen LogP contribution in [0.5, 0.6) is 0 Å². The van der Waals surface area contributed by atoms with Gasteiger partial charge in [-0.25, -0.2) is 23.7 Å². The van der Waals surface area contributed by atoms with Crippen molar-refractivity contribution in [2.75, 3.05) is 4.90 Å². The van der Waals surface area contributed by atoms with Crippen LogP contribution >= 0.6 is 0 Å². The van der Waals surface area contributed by atoms with Gasteiger partial charge in [-0.2, -0.15) is 0 Å². The molecular formula is C51H33F2N5. The van der Waals surface area contributed by atoms with Crippen LogP contribution in [-0.4, -0.2) is 25.6 Å². The lowest BCUT2D eigenvalue weighted by Crippen LogP contribution is -2.29. The Morgan fingerprint density at radius 1 is 0.466 bits per heavy atom. The van der Waals surface area contributed by atoms with Gasteiger partial charge in [-0.1, -0.05) is 140 Å². The van der Waals surface area contributed by atoms with E-state index >= 15 is 8.78 Å². The molecule has 2 unspecified atom stereocenters. The molecule has 0 fully saturated rings. The molecule has 5 nitrogen and oxygen atoms in total. The van der Waals surface area contributed by atoms with E-state index in [1.807, 2.05) is 72.8 Å². The third kappa shape index (κ3) is 5.46. The number of nitrogens with zero attached hydrogens (tertiary/aromatic N) is 5. The van der Waals surface area contributed by atoms with Crippen molar-refractivity contribution in [3.63, 3.8) is 0 Å². The van der Waals surface area contributed by atoms with E-state index in [1.54, 1.807) is 6.07 Å². The van der Waals surface area contributed by atoms with Crippen molar-refractivity contribution in [1.82, 2.24) is 19.5 Å². The van der Waals surface area contributed by atoms with E-state index in [0.29, 0.717) is 28.6 Å². The molecule has 7 aromatic carbocycles. The first-order chi connectivity index (χ1) is 28.6. The second-order valence-corrected chi connectivity index (χ2v) is 14.6. The van der Waals surface area contributed by atoms with E-state index in [2.05, 4.69) is 101 Å². The van der Waals surface area contributed by atoms with E-state index < -0.39 is 11.6 Å². The summed E-state index contributed by atoms with van der Waals surface area (Å²) in [5.41, 5.74) is 8.81. The number of allylic oxidation sites excluding steroid dienone is 2. The smallest absolute Gasteiger partial charge is 0.166 e. The Balaban J connectivity index is 1.18. The predicted octanol–water partition coefficient (Wildman–Crippen LogP) is 12.6. The van der Waals surface area contributed by atoms with Crippen molar-refractivity contribution in [1.29, 1.82) is 0 Å². The minimum atomic E-state index is -0.646.